The van der Waals surface area contributed by atoms with Gasteiger partial charge in [-0.05, 0) is 73.4 Å². The molecule has 5 rings (SSSR count). The average molecular weight is 451 g/mol. The number of aromatic nitrogens is 1. The van der Waals surface area contributed by atoms with Gasteiger partial charge in [0.15, 0.2) is 0 Å². The lowest BCUT2D eigenvalue weighted by Crippen LogP contribution is -2.11. The minimum atomic E-state index is -0.0586. The van der Waals surface area contributed by atoms with E-state index in [4.69, 9.17) is 4.98 Å². The fourth-order valence-corrected chi connectivity index (χ4v) is 6.89. The molecule has 1 amide bonds. The van der Waals surface area contributed by atoms with Gasteiger partial charge >= 0.3 is 0 Å². The number of rotatable bonds is 4. The maximum absolute atomic E-state index is 13.0. The Bertz CT molecular complexity index is 1190. The van der Waals surface area contributed by atoms with Gasteiger partial charge < -0.3 is 5.32 Å². The van der Waals surface area contributed by atoms with Crippen molar-refractivity contribution in [1.82, 2.24) is 4.98 Å². The van der Waals surface area contributed by atoms with Crippen LogP contribution >= 0.6 is 34.4 Å². The number of benzene rings is 2. The summed E-state index contributed by atoms with van der Waals surface area (Å²) in [4.78, 5) is 20.5. The number of carbonyl (C=O) groups is 1. The first-order valence-corrected chi connectivity index (χ1v) is 12.9. The predicted octanol–water partition coefficient (Wildman–Crippen LogP) is 7.12. The molecule has 2 heterocycles. The van der Waals surface area contributed by atoms with Gasteiger partial charge in [0.05, 0.1) is 10.2 Å². The van der Waals surface area contributed by atoms with Crippen LogP contribution in [0.2, 0.25) is 0 Å². The zero-order chi connectivity index (χ0) is 20.7. The summed E-state index contributed by atoms with van der Waals surface area (Å²) in [5.74, 6) is 0.624. The minimum Gasteiger partial charge on any atom is -0.313 e. The number of nitrogens with one attached hydrogen (secondary N) is 1. The van der Waals surface area contributed by atoms with E-state index in [2.05, 4.69) is 30.4 Å². The van der Waals surface area contributed by atoms with Gasteiger partial charge in [0.25, 0.3) is 5.91 Å². The summed E-state index contributed by atoms with van der Waals surface area (Å²) in [6.45, 7) is 2.31. The third kappa shape index (κ3) is 3.68. The van der Waals surface area contributed by atoms with E-state index in [0.717, 1.165) is 38.8 Å². The topological polar surface area (TPSA) is 42.0 Å². The highest BCUT2D eigenvalue weighted by atomic mass is 32.2. The molecule has 1 atom stereocenters. The van der Waals surface area contributed by atoms with Crippen LogP contribution in [-0.4, -0.2) is 17.1 Å². The van der Waals surface area contributed by atoms with Crippen molar-refractivity contribution in [3.8, 4) is 10.6 Å². The maximum atomic E-state index is 13.0. The molecule has 1 aliphatic carbocycles. The third-order valence-electron chi connectivity index (χ3n) is 5.60. The number of para-hydroxylation sites is 1. The van der Waals surface area contributed by atoms with E-state index in [1.54, 1.807) is 34.4 Å². The molecular weight excluding hydrogens is 428 g/mol. The monoisotopic (exact) mass is 450 g/mol. The van der Waals surface area contributed by atoms with Gasteiger partial charge in [0.2, 0.25) is 0 Å². The number of carbonyl (C=O) groups excluding carboxylic acids is 1. The molecule has 1 unspecified atom stereocenters. The average Bonchev–Trinajstić information content (AvgIpc) is 3.33. The van der Waals surface area contributed by atoms with Crippen molar-refractivity contribution in [1.29, 1.82) is 0 Å². The molecule has 3 nitrogen and oxygen atoms in total. The lowest BCUT2D eigenvalue weighted by molar-refractivity contribution is 0.102. The lowest BCUT2D eigenvalue weighted by atomic mass is 9.88. The number of anilines is 1. The first-order valence-electron chi connectivity index (χ1n) is 10.1. The van der Waals surface area contributed by atoms with Gasteiger partial charge in [0.1, 0.15) is 10.0 Å². The molecular formula is C24H22N2OS3. The van der Waals surface area contributed by atoms with Crippen molar-refractivity contribution in [2.75, 3.05) is 11.6 Å². The molecule has 0 saturated heterocycles. The van der Waals surface area contributed by atoms with E-state index in [1.807, 2.05) is 36.6 Å². The molecule has 2 aromatic heterocycles. The fourth-order valence-electron chi connectivity index (χ4n) is 3.96. The van der Waals surface area contributed by atoms with Gasteiger partial charge in [-0.15, -0.1) is 34.4 Å². The molecule has 0 aliphatic heterocycles. The summed E-state index contributed by atoms with van der Waals surface area (Å²) >= 11 is 5.12. The van der Waals surface area contributed by atoms with Gasteiger partial charge in [-0.25, -0.2) is 4.98 Å². The van der Waals surface area contributed by atoms with Crippen LogP contribution in [0.25, 0.3) is 20.8 Å². The van der Waals surface area contributed by atoms with Gasteiger partial charge in [-0.1, -0.05) is 19.1 Å². The van der Waals surface area contributed by atoms with Crippen LogP contribution < -0.4 is 5.32 Å². The number of thiophene rings is 1. The molecule has 0 radical (unpaired) electrons. The van der Waals surface area contributed by atoms with Crippen molar-refractivity contribution in [3.63, 3.8) is 0 Å². The quantitative estimate of drug-likeness (QED) is 0.336. The maximum Gasteiger partial charge on any atom is 0.256 e. The van der Waals surface area contributed by atoms with E-state index in [9.17, 15) is 4.79 Å². The molecule has 0 fully saturated rings. The second kappa shape index (κ2) is 8.17. The molecule has 1 aliphatic rings. The Morgan fingerprint density at radius 3 is 2.70 bits per heavy atom. The van der Waals surface area contributed by atoms with E-state index in [0.29, 0.717) is 11.5 Å². The number of fused-ring (bicyclic) bond motifs is 2. The third-order valence-corrected chi connectivity index (χ3v) is 8.57. The Morgan fingerprint density at radius 1 is 1.13 bits per heavy atom. The molecule has 0 bridgehead atoms. The first-order chi connectivity index (χ1) is 14.6. The standard InChI is InChI=1S/C24H22N2OS3/c1-14-7-12-17-20(13-14)30-24(26-22(27)15-8-10-16(28-2)11-9-15)21(17)23-25-18-5-3-4-6-19(18)29-23/h3-6,8-11,14H,7,12-13H2,1-2H3,(H,26,27). The molecule has 4 aromatic rings. The summed E-state index contributed by atoms with van der Waals surface area (Å²) in [5, 5.41) is 5.17. The number of hydrogen-bond acceptors (Lipinski definition) is 5. The van der Waals surface area contributed by atoms with Crippen molar-refractivity contribution >= 4 is 55.6 Å². The summed E-state index contributed by atoms with van der Waals surface area (Å²) in [6, 6.07) is 16.0. The summed E-state index contributed by atoms with van der Waals surface area (Å²) in [7, 11) is 0. The number of nitrogens with zero attached hydrogens (tertiary/aromatic N) is 1. The molecule has 0 saturated carbocycles. The van der Waals surface area contributed by atoms with Crippen molar-refractivity contribution in [2.24, 2.45) is 5.92 Å². The smallest absolute Gasteiger partial charge is 0.256 e. The van der Waals surface area contributed by atoms with Crippen LogP contribution in [0.4, 0.5) is 5.00 Å². The Labute approximate surface area is 188 Å². The highest BCUT2D eigenvalue weighted by Gasteiger charge is 2.27. The normalized spacial score (nSPS) is 15.9. The highest BCUT2D eigenvalue weighted by Crippen LogP contribution is 2.47. The molecule has 30 heavy (non-hydrogen) atoms. The van der Waals surface area contributed by atoms with Crippen molar-refractivity contribution < 1.29 is 4.79 Å². The Kier molecular flexibility index (Phi) is 5.39. The SMILES string of the molecule is CSc1ccc(C(=O)Nc2sc3c(c2-c2nc4ccccc4s2)CCC(C)C3)cc1. The Balaban J connectivity index is 1.56. The van der Waals surface area contributed by atoms with Crippen LogP contribution in [0, 0.1) is 5.92 Å². The number of hydrogen-bond donors (Lipinski definition) is 1. The van der Waals surface area contributed by atoms with Gasteiger partial charge in [-0.3, -0.25) is 4.79 Å². The highest BCUT2D eigenvalue weighted by molar-refractivity contribution is 7.98. The molecule has 152 valence electrons. The fraction of sp³-hybridized carbons (Fsp3) is 0.250. The summed E-state index contributed by atoms with van der Waals surface area (Å²) in [6.07, 6.45) is 5.36. The number of thioether (sulfide) groups is 1. The summed E-state index contributed by atoms with van der Waals surface area (Å²) < 4.78 is 1.18. The second-order valence-electron chi connectivity index (χ2n) is 7.73. The zero-order valence-electron chi connectivity index (χ0n) is 16.9. The Hall–Kier alpha value is -2.15. The van der Waals surface area contributed by atoms with E-state index in [1.165, 1.54) is 21.6 Å². The van der Waals surface area contributed by atoms with E-state index >= 15 is 0 Å². The molecule has 0 spiro atoms. The van der Waals surface area contributed by atoms with Crippen molar-refractivity contribution in [2.45, 2.75) is 31.1 Å². The molecule has 2 aromatic carbocycles. The zero-order valence-corrected chi connectivity index (χ0v) is 19.3. The van der Waals surface area contributed by atoms with Crippen LogP contribution in [-0.2, 0) is 12.8 Å². The van der Waals surface area contributed by atoms with Crippen LogP contribution in [0.3, 0.4) is 0 Å². The first kappa shape index (κ1) is 19.8. The van der Waals surface area contributed by atoms with Gasteiger partial charge in [-0.2, -0.15) is 0 Å². The molecule has 1 N–H and O–H groups in total. The Morgan fingerprint density at radius 2 is 1.93 bits per heavy atom. The minimum absolute atomic E-state index is 0.0586. The second-order valence-corrected chi connectivity index (χ2v) is 10.7. The van der Waals surface area contributed by atoms with Gasteiger partial charge in [0, 0.05) is 20.9 Å². The summed E-state index contributed by atoms with van der Waals surface area (Å²) in [5.41, 5.74) is 4.22. The predicted molar refractivity (Wildman–Crippen MR) is 130 cm³/mol. The van der Waals surface area contributed by atoms with Crippen LogP contribution in [0.1, 0.15) is 34.1 Å². The molecule has 6 heteroatoms. The van der Waals surface area contributed by atoms with Crippen LogP contribution in [0.15, 0.2) is 53.4 Å². The largest absolute Gasteiger partial charge is 0.313 e. The lowest BCUT2D eigenvalue weighted by Gasteiger charge is -2.18. The number of thiazole rings is 1. The van der Waals surface area contributed by atoms with E-state index in [-0.39, 0.29) is 5.91 Å². The van der Waals surface area contributed by atoms with Crippen LogP contribution in [0.5, 0.6) is 0 Å². The van der Waals surface area contributed by atoms with Crippen molar-refractivity contribution in [3.05, 3.63) is 64.5 Å². The number of amides is 1. The van der Waals surface area contributed by atoms with E-state index < -0.39 is 0 Å².